The molecule has 7 nitrogen and oxygen atoms in total. The zero-order chi connectivity index (χ0) is 29.2. The van der Waals surface area contributed by atoms with Gasteiger partial charge >= 0.3 is 12.4 Å². The van der Waals surface area contributed by atoms with E-state index in [4.69, 9.17) is 13.7 Å². The molecule has 3 rings (SSSR count). The Kier molecular flexibility index (Phi) is 8.80. The van der Waals surface area contributed by atoms with Crippen LogP contribution in [0.5, 0.6) is 11.5 Å². The van der Waals surface area contributed by atoms with E-state index in [9.17, 15) is 39.6 Å². The number of halogens is 6. The third-order valence-electron chi connectivity index (χ3n) is 6.58. The molecule has 2 aromatic carbocycles. The van der Waals surface area contributed by atoms with Crippen LogP contribution < -0.4 is 9.47 Å². The van der Waals surface area contributed by atoms with Crippen molar-refractivity contribution in [3.63, 3.8) is 0 Å². The normalized spacial score (nSPS) is 18.3. The summed E-state index contributed by atoms with van der Waals surface area (Å²) < 4.78 is 118. The predicted molar refractivity (Wildman–Crippen MR) is 128 cm³/mol. The number of carbonyl (C=O) groups excluding carboxylic acids is 1. The van der Waals surface area contributed by atoms with E-state index in [1.807, 2.05) is 0 Å². The molecule has 1 unspecified atom stereocenters. The van der Waals surface area contributed by atoms with Crippen LogP contribution in [0, 0.1) is 0 Å². The maximum absolute atomic E-state index is 13.2. The molecule has 0 saturated carbocycles. The molecule has 1 amide bonds. The van der Waals surface area contributed by atoms with Gasteiger partial charge in [0.05, 0.1) is 44.6 Å². The number of hydrogen-bond donors (Lipinski definition) is 0. The molecule has 1 saturated heterocycles. The van der Waals surface area contributed by atoms with E-state index in [1.165, 1.54) is 19.1 Å². The topological polar surface area (TPSA) is 82.1 Å². The van der Waals surface area contributed by atoms with E-state index >= 15 is 0 Å². The summed E-state index contributed by atoms with van der Waals surface area (Å²) in [4.78, 5) is 14.4. The summed E-state index contributed by atoms with van der Waals surface area (Å²) in [6.07, 6.45) is -9.37. The second-order valence-electron chi connectivity index (χ2n) is 9.28. The van der Waals surface area contributed by atoms with Gasteiger partial charge in [-0.3, -0.25) is 8.98 Å². The van der Waals surface area contributed by atoms with E-state index in [2.05, 4.69) is 0 Å². The van der Waals surface area contributed by atoms with Gasteiger partial charge in [0, 0.05) is 18.5 Å². The number of nitrogens with zero attached hydrogens (tertiary/aromatic N) is 1. The zero-order valence-corrected chi connectivity index (χ0v) is 22.1. The van der Waals surface area contributed by atoms with Crippen LogP contribution in [0.2, 0.25) is 0 Å². The maximum atomic E-state index is 13.2. The minimum absolute atomic E-state index is 0.00764. The lowest BCUT2D eigenvalue weighted by Gasteiger charge is -2.30. The first-order valence-corrected chi connectivity index (χ1v) is 13.4. The van der Waals surface area contributed by atoms with Crippen LogP contribution in [-0.2, 0) is 43.3 Å². The molecule has 0 N–H and O–H groups in total. The lowest BCUT2D eigenvalue weighted by atomic mass is 9.77. The molecule has 1 aliphatic rings. The Morgan fingerprint density at radius 2 is 1.54 bits per heavy atom. The number of carbonyl (C=O) groups is 1. The molecular weight excluding hydrogens is 556 g/mol. The number of ether oxygens (including phenoxy) is 2. The molecule has 1 aliphatic heterocycles. The molecule has 2 aromatic rings. The average molecular weight is 584 g/mol. The Bertz CT molecular complexity index is 1280. The monoisotopic (exact) mass is 583 g/mol. The molecule has 0 aromatic heterocycles. The summed E-state index contributed by atoms with van der Waals surface area (Å²) in [6.45, 7) is -0.0472. The van der Waals surface area contributed by atoms with Gasteiger partial charge in [-0.05, 0) is 54.3 Å². The number of amides is 1. The average Bonchev–Trinajstić information content (AvgIpc) is 3.27. The fourth-order valence-electron chi connectivity index (χ4n) is 4.63. The molecule has 216 valence electrons. The van der Waals surface area contributed by atoms with Crippen LogP contribution in [0.1, 0.15) is 35.1 Å². The Balaban J connectivity index is 1.91. The summed E-state index contributed by atoms with van der Waals surface area (Å²) in [5.41, 5.74) is -3.58. The predicted octanol–water partition coefficient (Wildman–Crippen LogP) is 4.82. The summed E-state index contributed by atoms with van der Waals surface area (Å²) in [5, 5.41) is 0. The molecular formula is C25H27F6NO6S. The van der Waals surface area contributed by atoms with Crippen LogP contribution >= 0.6 is 0 Å². The van der Waals surface area contributed by atoms with E-state index < -0.39 is 56.9 Å². The van der Waals surface area contributed by atoms with Gasteiger partial charge in [0.15, 0.2) is 11.5 Å². The van der Waals surface area contributed by atoms with Crippen molar-refractivity contribution in [2.24, 2.45) is 0 Å². The molecule has 1 fully saturated rings. The van der Waals surface area contributed by atoms with Crippen LogP contribution in [0.15, 0.2) is 36.4 Å². The highest BCUT2D eigenvalue weighted by Gasteiger charge is 2.42. The van der Waals surface area contributed by atoms with Crippen molar-refractivity contribution in [1.29, 1.82) is 0 Å². The molecule has 39 heavy (non-hydrogen) atoms. The number of alkyl halides is 6. The minimum Gasteiger partial charge on any atom is -0.493 e. The Labute approximate surface area is 221 Å². The first kappa shape index (κ1) is 30.5. The second-order valence-corrected chi connectivity index (χ2v) is 10.9. The smallest absolute Gasteiger partial charge is 0.416 e. The van der Waals surface area contributed by atoms with Gasteiger partial charge in [0.2, 0.25) is 5.91 Å². The highest BCUT2D eigenvalue weighted by molar-refractivity contribution is 7.85. The third-order valence-corrected chi connectivity index (χ3v) is 7.18. The van der Waals surface area contributed by atoms with Crippen molar-refractivity contribution in [2.45, 2.75) is 37.0 Å². The number of methoxy groups -OCH3 is 2. The fraction of sp³-hybridized carbons (Fsp3) is 0.480. The first-order valence-electron chi connectivity index (χ1n) is 11.6. The van der Waals surface area contributed by atoms with Gasteiger partial charge < -0.3 is 14.4 Å². The summed E-state index contributed by atoms with van der Waals surface area (Å²) in [7, 11) is -0.888. The van der Waals surface area contributed by atoms with Crippen molar-refractivity contribution in [1.82, 2.24) is 4.90 Å². The van der Waals surface area contributed by atoms with Crippen molar-refractivity contribution < 1.29 is 53.2 Å². The van der Waals surface area contributed by atoms with E-state index in [0.717, 1.165) is 6.26 Å². The summed E-state index contributed by atoms with van der Waals surface area (Å²) in [6, 6.07) is 6.11. The van der Waals surface area contributed by atoms with Crippen molar-refractivity contribution in [3.8, 4) is 11.5 Å². The van der Waals surface area contributed by atoms with E-state index in [1.54, 1.807) is 18.2 Å². The lowest BCUT2D eigenvalue weighted by Crippen LogP contribution is -2.36. The summed E-state index contributed by atoms with van der Waals surface area (Å²) in [5.74, 6) is 0.139. The van der Waals surface area contributed by atoms with Crippen molar-refractivity contribution in [2.75, 3.05) is 40.2 Å². The quantitative estimate of drug-likeness (QED) is 0.311. The number of benzene rings is 2. The van der Waals surface area contributed by atoms with Crippen LogP contribution in [-0.4, -0.2) is 59.4 Å². The zero-order valence-electron chi connectivity index (χ0n) is 21.3. The lowest BCUT2D eigenvalue weighted by molar-refractivity contribution is -0.143. The number of rotatable bonds is 9. The van der Waals surface area contributed by atoms with Gasteiger partial charge in [-0.25, -0.2) is 0 Å². The van der Waals surface area contributed by atoms with Gasteiger partial charge in [-0.15, -0.1) is 0 Å². The number of hydrogen-bond acceptors (Lipinski definition) is 6. The fourth-order valence-corrected chi connectivity index (χ4v) is 5.02. The molecule has 0 bridgehead atoms. The SMILES string of the molecule is COc1ccc(C2(CCOS(C)(=O)=O)CCN(C(=O)Cc3cc(C(F)(F)F)cc(C(F)(F)F)c3)C2)cc1OC. The second kappa shape index (κ2) is 11.2. The molecule has 1 atom stereocenters. The highest BCUT2D eigenvalue weighted by atomic mass is 32.2. The Morgan fingerprint density at radius 3 is 2.05 bits per heavy atom. The molecule has 0 spiro atoms. The van der Waals surface area contributed by atoms with Gasteiger partial charge in [-0.2, -0.15) is 34.8 Å². The third kappa shape index (κ3) is 7.56. The standard InChI is InChI=1S/C25H27F6NO6S/c1-36-20-5-4-17(14-21(20)37-2)23(7-9-38-39(3,34)35)6-8-32(15-23)22(33)12-16-10-18(24(26,27)28)13-19(11-16)25(29,30)31/h4-5,10-11,13-14H,6-9,12,15H2,1-3H3. The minimum atomic E-state index is -5.03. The maximum Gasteiger partial charge on any atom is 0.416 e. The van der Waals surface area contributed by atoms with E-state index in [-0.39, 0.29) is 32.2 Å². The molecule has 1 heterocycles. The highest BCUT2D eigenvalue weighted by Crippen LogP contribution is 2.42. The number of likely N-dealkylation sites (tertiary alicyclic amines) is 1. The van der Waals surface area contributed by atoms with E-state index in [0.29, 0.717) is 35.6 Å². The van der Waals surface area contributed by atoms with Gasteiger partial charge in [-0.1, -0.05) is 6.07 Å². The Morgan fingerprint density at radius 1 is 0.949 bits per heavy atom. The summed E-state index contributed by atoms with van der Waals surface area (Å²) >= 11 is 0. The van der Waals surface area contributed by atoms with Crippen molar-refractivity contribution in [3.05, 3.63) is 58.7 Å². The van der Waals surface area contributed by atoms with Crippen LogP contribution in [0.4, 0.5) is 26.3 Å². The molecule has 0 aliphatic carbocycles. The molecule has 14 heteroatoms. The van der Waals surface area contributed by atoms with Gasteiger partial charge in [0.1, 0.15) is 0 Å². The van der Waals surface area contributed by atoms with Crippen molar-refractivity contribution >= 4 is 16.0 Å². The van der Waals surface area contributed by atoms with Crippen LogP contribution in [0.25, 0.3) is 0 Å². The largest absolute Gasteiger partial charge is 0.493 e. The van der Waals surface area contributed by atoms with Gasteiger partial charge in [0.25, 0.3) is 10.1 Å². The first-order chi connectivity index (χ1) is 18.0. The molecule has 0 radical (unpaired) electrons. The van der Waals surface area contributed by atoms with Crippen LogP contribution in [0.3, 0.4) is 0 Å². The Hall–Kier alpha value is -3.00.